The molecule has 2 amide bonds. The highest BCUT2D eigenvalue weighted by Crippen LogP contribution is 2.37. The third-order valence-electron chi connectivity index (χ3n) is 6.49. The van der Waals surface area contributed by atoms with Crippen molar-refractivity contribution >= 4 is 28.3 Å². The molecule has 2 aromatic heterocycles. The van der Waals surface area contributed by atoms with E-state index >= 15 is 0 Å². The molecule has 0 saturated carbocycles. The molecule has 1 aliphatic rings. The Morgan fingerprint density at radius 1 is 1.32 bits per heavy atom. The summed E-state index contributed by atoms with van der Waals surface area (Å²) in [6.45, 7) is 7.43. The van der Waals surface area contributed by atoms with E-state index in [1.807, 2.05) is 55.8 Å². The van der Waals surface area contributed by atoms with Crippen LogP contribution in [0, 0.1) is 25.2 Å². The van der Waals surface area contributed by atoms with Gasteiger partial charge in [0.15, 0.2) is 0 Å². The highest BCUT2D eigenvalue weighted by molar-refractivity contribution is 7.16. The number of hydrogen-bond donors (Lipinski definition) is 1. The van der Waals surface area contributed by atoms with Gasteiger partial charge in [-0.25, -0.2) is 9.78 Å². The predicted molar refractivity (Wildman–Crippen MR) is 141 cm³/mol. The summed E-state index contributed by atoms with van der Waals surface area (Å²) < 4.78 is 12.7. The zero-order chi connectivity index (χ0) is 26.5. The van der Waals surface area contributed by atoms with E-state index in [9.17, 15) is 14.9 Å². The molecule has 1 aliphatic heterocycles. The number of carbonyl (C=O) groups is 2. The Labute approximate surface area is 220 Å². The monoisotopic (exact) mass is 521 g/mol. The maximum absolute atomic E-state index is 12.8. The molecule has 3 heterocycles. The minimum absolute atomic E-state index is 0.0180. The zero-order valence-corrected chi connectivity index (χ0v) is 22.4. The first-order valence-electron chi connectivity index (χ1n) is 12.2. The van der Waals surface area contributed by atoms with Gasteiger partial charge < -0.3 is 24.3 Å². The number of carbonyl (C=O) groups excluding carboxylic acids is 2. The summed E-state index contributed by atoms with van der Waals surface area (Å²) in [6, 6.07) is 9.91. The Hall–Kier alpha value is -3.84. The average molecular weight is 522 g/mol. The number of aromatic nitrogens is 2. The fourth-order valence-corrected chi connectivity index (χ4v) is 5.73. The number of thiophene rings is 1. The van der Waals surface area contributed by atoms with Gasteiger partial charge in [-0.2, -0.15) is 5.26 Å². The minimum Gasteiger partial charge on any atom is -0.497 e. The molecule has 9 nitrogen and oxygen atoms in total. The average Bonchev–Trinajstić information content (AvgIpc) is 3.40. The molecule has 4 rings (SSSR count). The summed E-state index contributed by atoms with van der Waals surface area (Å²) in [5.74, 6) is 1.45. The van der Waals surface area contributed by atoms with E-state index in [1.165, 1.54) is 11.3 Å². The van der Waals surface area contributed by atoms with Gasteiger partial charge in [0.2, 0.25) is 5.91 Å². The van der Waals surface area contributed by atoms with Crippen molar-refractivity contribution in [2.45, 2.75) is 52.6 Å². The number of rotatable bonds is 8. The molecule has 10 heteroatoms. The van der Waals surface area contributed by atoms with Gasteiger partial charge in [0.1, 0.15) is 29.3 Å². The summed E-state index contributed by atoms with van der Waals surface area (Å²) in [6.07, 6.45) is 2.36. The van der Waals surface area contributed by atoms with Crippen LogP contribution in [0.5, 0.6) is 5.75 Å². The molecule has 0 radical (unpaired) electrons. The van der Waals surface area contributed by atoms with Crippen LogP contribution in [0.1, 0.15) is 52.3 Å². The van der Waals surface area contributed by atoms with Gasteiger partial charge in [0, 0.05) is 24.0 Å². The second-order valence-corrected chi connectivity index (χ2v) is 10.3. The number of methoxy groups -OCH3 is 1. The van der Waals surface area contributed by atoms with E-state index < -0.39 is 0 Å². The zero-order valence-electron chi connectivity index (χ0n) is 21.5. The molecule has 1 atom stereocenters. The quantitative estimate of drug-likeness (QED) is 0.457. The maximum atomic E-state index is 12.8. The second-order valence-electron chi connectivity index (χ2n) is 9.16. The standard InChI is InChI=1S/C27H31N5O4S/c1-17(20-6-5-7-21(13-20)35-4)12-25(33)30-26-23(14-28)22-8-9-32(16-24(22)37-26)27(34)36-11-10-31-15-18(2)29-19(31)3/h5-7,13,15,17H,8-12,16H2,1-4H3,(H,30,33). The fourth-order valence-electron chi connectivity index (χ4n) is 4.50. The van der Waals surface area contributed by atoms with Crippen LogP contribution in [0.4, 0.5) is 9.80 Å². The number of imidazole rings is 1. The molecular formula is C27H31N5O4S. The van der Waals surface area contributed by atoms with E-state index in [-0.39, 0.29) is 30.9 Å². The van der Waals surface area contributed by atoms with Gasteiger partial charge in [0.05, 0.1) is 31.5 Å². The van der Waals surface area contributed by atoms with Crippen molar-refractivity contribution in [3.63, 3.8) is 0 Å². The third-order valence-corrected chi connectivity index (χ3v) is 7.62. The van der Waals surface area contributed by atoms with E-state index in [0.29, 0.717) is 36.6 Å². The molecule has 194 valence electrons. The first kappa shape index (κ1) is 26.2. The first-order valence-corrected chi connectivity index (χ1v) is 13.0. The number of ether oxygens (including phenoxy) is 2. The number of nitriles is 1. The Bertz CT molecular complexity index is 1340. The number of aryl methyl sites for hydroxylation is 2. The topological polar surface area (TPSA) is 109 Å². The molecule has 3 aromatic rings. The van der Waals surface area contributed by atoms with Crippen molar-refractivity contribution in [2.24, 2.45) is 0 Å². The number of nitrogens with zero attached hydrogens (tertiary/aromatic N) is 4. The summed E-state index contributed by atoms with van der Waals surface area (Å²) in [4.78, 5) is 32.4. The lowest BCUT2D eigenvalue weighted by Gasteiger charge is -2.26. The smallest absolute Gasteiger partial charge is 0.410 e. The van der Waals surface area contributed by atoms with Crippen molar-refractivity contribution in [1.82, 2.24) is 14.5 Å². The molecule has 0 fully saturated rings. The van der Waals surface area contributed by atoms with Crippen molar-refractivity contribution in [2.75, 3.05) is 25.6 Å². The first-order chi connectivity index (χ1) is 17.8. The third kappa shape index (κ3) is 6.12. The van der Waals surface area contributed by atoms with Gasteiger partial charge in [-0.3, -0.25) is 4.79 Å². The lowest BCUT2D eigenvalue weighted by atomic mass is 9.97. The number of benzene rings is 1. The molecule has 1 unspecified atom stereocenters. The van der Waals surface area contributed by atoms with Crippen LogP contribution in [0.15, 0.2) is 30.5 Å². The van der Waals surface area contributed by atoms with Crippen LogP contribution in [-0.4, -0.2) is 46.7 Å². The highest BCUT2D eigenvalue weighted by Gasteiger charge is 2.28. The minimum atomic E-state index is -0.384. The van der Waals surface area contributed by atoms with Crippen molar-refractivity contribution in [1.29, 1.82) is 5.26 Å². The highest BCUT2D eigenvalue weighted by atomic mass is 32.1. The van der Waals surface area contributed by atoms with Crippen molar-refractivity contribution in [3.8, 4) is 11.8 Å². The van der Waals surface area contributed by atoms with Gasteiger partial charge in [0.25, 0.3) is 0 Å². The van der Waals surface area contributed by atoms with Crippen LogP contribution < -0.4 is 10.1 Å². The Balaban J connectivity index is 1.35. The summed E-state index contributed by atoms with van der Waals surface area (Å²) >= 11 is 1.35. The summed E-state index contributed by atoms with van der Waals surface area (Å²) in [7, 11) is 1.61. The van der Waals surface area contributed by atoms with Gasteiger partial charge >= 0.3 is 6.09 Å². The van der Waals surface area contributed by atoms with E-state index in [1.54, 1.807) is 12.0 Å². The number of nitrogens with one attached hydrogen (secondary N) is 1. The number of anilines is 1. The number of amides is 2. The molecular weight excluding hydrogens is 490 g/mol. The lowest BCUT2D eigenvalue weighted by Crippen LogP contribution is -2.36. The Morgan fingerprint density at radius 2 is 2.14 bits per heavy atom. The molecule has 0 spiro atoms. The van der Waals surface area contributed by atoms with Crippen molar-refractivity contribution in [3.05, 3.63) is 63.5 Å². The van der Waals surface area contributed by atoms with E-state index in [0.717, 1.165) is 33.3 Å². The molecule has 1 aromatic carbocycles. The Morgan fingerprint density at radius 3 is 2.84 bits per heavy atom. The fraction of sp³-hybridized carbons (Fsp3) is 0.407. The molecule has 1 N–H and O–H groups in total. The SMILES string of the molecule is COc1cccc(C(C)CC(=O)Nc2sc3c(c2C#N)CCN(C(=O)OCCn2cc(C)nc2C)C3)c1. The second kappa shape index (κ2) is 11.5. The summed E-state index contributed by atoms with van der Waals surface area (Å²) in [5, 5.41) is 13.3. The molecule has 37 heavy (non-hydrogen) atoms. The predicted octanol–water partition coefficient (Wildman–Crippen LogP) is 4.77. The van der Waals surface area contributed by atoms with Crippen LogP contribution in [0.2, 0.25) is 0 Å². The van der Waals surface area contributed by atoms with Gasteiger partial charge in [-0.15, -0.1) is 11.3 Å². The number of hydrogen-bond acceptors (Lipinski definition) is 7. The largest absolute Gasteiger partial charge is 0.497 e. The Kier molecular flexibility index (Phi) is 8.14. The maximum Gasteiger partial charge on any atom is 0.410 e. The van der Waals surface area contributed by atoms with Crippen LogP contribution in [-0.2, 0) is 29.0 Å². The number of fused-ring (bicyclic) bond motifs is 1. The van der Waals surface area contributed by atoms with Crippen LogP contribution in [0.25, 0.3) is 0 Å². The van der Waals surface area contributed by atoms with Crippen molar-refractivity contribution < 1.29 is 19.1 Å². The molecule has 0 saturated heterocycles. The van der Waals surface area contributed by atoms with Gasteiger partial charge in [-0.05, 0) is 49.4 Å². The van der Waals surface area contributed by atoms with Crippen LogP contribution >= 0.6 is 11.3 Å². The lowest BCUT2D eigenvalue weighted by molar-refractivity contribution is -0.116. The van der Waals surface area contributed by atoms with E-state index in [4.69, 9.17) is 9.47 Å². The van der Waals surface area contributed by atoms with Gasteiger partial charge in [-0.1, -0.05) is 19.1 Å². The normalized spacial score (nSPS) is 13.4. The van der Waals surface area contributed by atoms with Crippen LogP contribution in [0.3, 0.4) is 0 Å². The van der Waals surface area contributed by atoms with E-state index in [2.05, 4.69) is 16.4 Å². The molecule has 0 aliphatic carbocycles. The molecule has 0 bridgehead atoms. The summed E-state index contributed by atoms with van der Waals surface area (Å²) in [5.41, 5.74) is 3.32.